The number of hydrogen-bond donors (Lipinski definition) is 1. The number of nitrogens with one attached hydrogen (secondary N) is 1. The van der Waals surface area contributed by atoms with E-state index in [9.17, 15) is 4.79 Å². The standard InChI is InChI=1S/C14H25N3O2/c1-5-15-12(14(18)19-6-2)7-9-17-10-8-16-13(17)11(3)4/h8,10-12,15H,5-7,9H2,1-4H3. The van der Waals surface area contributed by atoms with Gasteiger partial charge in [0.25, 0.3) is 0 Å². The molecular weight excluding hydrogens is 242 g/mol. The zero-order valence-electron chi connectivity index (χ0n) is 12.3. The van der Waals surface area contributed by atoms with Crippen molar-refractivity contribution in [1.29, 1.82) is 0 Å². The number of likely N-dealkylation sites (N-methyl/N-ethyl adjacent to an activating group) is 1. The van der Waals surface area contributed by atoms with E-state index in [0.717, 1.165) is 18.9 Å². The molecule has 1 rings (SSSR count). The van der Waals surface area contributed by atoms with Crippen molar-refractivity contribution in [2.24, 2.45) is 0 Å². The highest BCUT2D eigenvalue weighted by Crippen LogP contribution is 2.12. The minimum absolute atomic E-state index is 0.171. The van der Waals surface area contributed by atoms with Crippen molar-refractivity contribution in [3.63, 3.8) is 0 Å². The average molecular weight is 267 g/mol. The number of aryl methyl sites for hydroxylation is 1. The van der Waals surface area contributed by atoms with E-state index in [1.807, 2.05) is 26.2 Å². The number of carbonyl (C=O) groups is 1. The van der Waals surface area contributed by atoms with Gasteiger partial charge >= 0.3 is 5.97 Å². The lowest BCUT2D eigenvalue weighted by atomic mass is 10.2. The van der Waals surface area contributed by atoms with Crippen LogP contribution in [0.15, 0.2) is 12.4 Å². The van der Waals surface area contributed by atoms with E-state index in [4.69, 9.17) is 4.74 Å². The van der Waals surface area contributed by atoms with Gasteiger partial charge in [0.2, 0.25) is 0 Å². The third-order valence-corrected chi connectivity index (χ3v) is 2.94. The van der Waals surface area contributed by atoms with Crippen molar-refractivity contribution in [3.8, 4) is 0 Å². The van der Waals surface area contributed by atoms with E-state index in [1.165, 1.54) is 0 Å². The Morgan fingerprint density at radius 3 is 2.79 bits per heavy atom. The molecule has 0 aliphatic heterocycles. The zero-order chi connectivity index (χ0) is 14.3. The summed E-state index contributed by atoms with van der Waals surface area (Å²) in [5.41, 5.74) is 0. The number of nitrogens with zero attached hydrogens (tertiary/aromatic N) is 2. The fourth-order valence-corrected chi connectivity index (χ4v) is 2.07. The van der Waals surface area contributed by atoms with Gasteiger partial charge in [0.15, 0.2) is 0 Å². The SMILES string of the molecule is CCNC(CCn1ccnc1C(C)C)C(=O)OCC. The van der Waals surface area contributed by atoms with Crippen LogP contribution in [0.3, 0.4) is 0 Å². The van der Waals surface area contributed by atoms with E-state index in [2.05, 4.69) is 28.7 Å². The minimum Gasteiger partial charge on any atom is -0.465 e. The van der Waals surface area contributed by atoms with Gasteiger partial charge in [-0.2, -0.15) is 0 Å². The summed E-state index contributed by atoms with van der Waals surface area (Å²) in [5, 5.41) is 3.17. The summed E-state index contributed by atoms with van der Waals surface area (Å²) in [6, 6.07) is -0.243. The predicted octanol–water partition coefficient (Wildman–Crippen LogP) is 1.94. The molecule has 5 nitrogen and oxygen atoms in total. The van der Waals surface area contributed by atoms with Crippen LogP contribution in [-0.4, -0.2) is 34.7 Å². The van der Waals surface area contributed by atoms with Crippen molar-refractivity contribution in [3.05, 3.63) is 18.2 Å². The van der Waals surface area contributed by atoms with Gasteiger partial charge in [-0.1, -0.05) is 20.8 Å². The molecule has 0 saturated heterocycles. The Balaban J connectivity index is 2.60. The number of carbonyl (C=O) groups excluding carboxylic acids is 1. The Kier molecular flexibility index (Phi) is 6.56. The molecule has 0 aromatic carbocycles. The van der Waals surface area contributed by atoms with Crippen LogP contribution in [0.2, 0.25) is 0 Å². The summed E-state index contributed by atoms with van der Waals surface area (Å²) >= 11 is 0. The molecule has 1 atom stereocenters. The fourth-order valence-electron chi connectivity index (χ4n) is 2.07. The second kappa shape index (κ2) is 7.94. The molecule has 0 aliphatic carbocycles. The molecule has 1 aromatic rings. The first-order valence-electron chi connectivity index (χ1n) is 7.01. The van der Waals surface area contributed by atoms with Gasteiger partial charge in [0, 0.05) is 24.9 Å². The maximum Gasteiger partial charge on any atom is 0.323 e. The normalized spacial score (nSPS) is 12.7. The summed E-state index contributed by atoms with van der Waals surface area (Å²) in [5.74, 6) is 1.27. The number of hydrogen-bond acceptors (Lipinski definition) is 4. The summed E-state index contributed by atoms with van der Waals surface area (Å²) < 4.78 is 7.18. The molecule has 5 heteroatoms. The molecule has 0 fully saturated rings. The molecule has 1 aromatic heterocycles. The highest BCUT2D eigenvalue weighted by atomic mass is 16.5. The average Bonchev–Trinajstić information content (AvgIpc) is 2.83. The van der Waals surface area contributed by atoms with Crippen LogP contribution in [0.4, 0.5) is 0 Å². The maximum absolute atomic E-state index is 11.8. The van der Waals surface area contributed by atoms with Crippen molar-refractivity contribution >= 4 is 5.97 Å². The van der Waals surface area contributed by atoms with Crippen molar-refractivity contribution < 1.29 is 9.53 Å². The number of esters is 1. The monoisotopic (exact) mass is 267 g/mol. The largest absolute Gasteiger partial charge is 0.465 e. The van der Waals surface area contributed by atoms with Crippen LogP contribution >= 0.6 is 0 Å². The maximum atomic E-state index is 11.8. The Labute approximate surface area is 115 Å². The van der Waals surface area contributed by atoms with Crippen LogP contribution in [0.5, 0.6) is 0 Å². The van der Waals surface area contributed by atoms with E-state index >= 15 is 0 Å². The van der Waals surface area contributed by atoms with Crippen molar-refractivity contribution in [1.82, 2.24) is 14.9 Å². The number of imidazole rings is 1. The predicted molar refractivity (Wildman–Crippen MR) is 75.0 cm³/mol. The lowest BCUT2D eigenvalue weighted by Crippen LogP contribution is -2.38. The van der Waals surface area contributed by atoms with Gasteiger partial charge in [-0.15, -0.1) is 0 Å². The summed E-state index contributed by atoms with van der Waals surface area (Å²) in [6.07, 6.45) is 4.48. The van der Waals surface area contributed by atoms with Crippen LogP contribution in [0, 0.1) is 0 Å². The second-order valence-electron chi connectivity index (χ2n) is 4.78. The van der Waals surface area contributed by atoms with Gasteiger partial charge in [-0.25, -0.2) is 4.98 Å². The third-order valence-electron chi connectivity index (χ3n) is 2.94. The molecule has 0 saturated carbocycles. The molecule has 0 bridgehead atoms. The molecule has 0 radical (unpaired) electrons. The van der Waals surface area contributed by atoms with E-state index in [0.29, 0.717) is 18.9 Å². The van der Waals surface area contributed by atoms with Gasteiger partial charge in [0.1, 0.15) is 11.9 Å². The Bertz CT molecular complexity index is 388. The first-order chi connectivity index (χ1) is 9.10. The van der Waals surface area contributed by atoms with Crippen LogP contribution in [0.25, 0.3) is 0 Å². The Morgan fingerprint density at radius 1 is 1.47 bits per heavy atom. The lowest BCUT2D eigenvalue weighted by Gasteiger charge is -2.17. The summed E-state index contributed by atoms with van der Waals surface area (Å²) in [7, 11) is 0. The Morgan fingerprint density at radius 2 is 2.21 bits per heavy atom. The molecule has 1 unspecified atom stereocenters. The molecule has 19 heavy (non-hydrogen) atoms. The highest BCUT2D eigenvalue weighted by Gasteiger charge is 2.19. The number of ether oxygens (including phenoxy) is 1. The molecule has 108 valence electrons. The summed E-state index contributed by atoms with van der Waals surface area (Å²) in [6.45, 7) is 9.99. The van der Waals surface area contributed by atoms with E-state index < -0.39 is 0 Å². The highest BCUT2D eigenvalue weighted by molar-refractivity contribution is 5.75. The first-order valence-corrected chi connectivity index (χ1v) is 7.01. The molecule has 0 aliphatic rings. The molecule has 0 spiro atoms. The molecule has 0 amide bonds. The molecule has 1 heterocycles. The third kappa shape index (κ3) is 4.67. The van der Waals surface area contributed by atoms with Crippen molar-refractivity contribution in [2.45, 2.75) is 52.6 Å². The quantitative estimate of drug-likeness (QED) is 0.731. The molecule has 1 N–H and O–H groups in total. The smallest absolute Gasteiger partial charge is 0.323 e. The number of rotatable bonds is 8. The Hall–Kier alpha value is -1.36. The second-order valence-corrected chi connectivity index (χ2v) is 4.78. The van der Waals surface area contributed by atoms with Gasteiger partial charge < -0.3 is 14.6 Å². The van der Waals surface area contributed by atoms with Crippen LogP contribution in [0.1, 0.15) is 45.9 Å². The topological polar surface area (TPSA) is 56.2 Å². The van der Waals surface area contributed by atoms with Crippen LogP contribution < -0.4 is 5.32 Å². The molecular formula is C14H25N3O2. The minimum atomic E-state index is -0.243. The van der Waals surface area contributed by atoms with E-state index in [-0.39, 0.29) is 12.0 Å². The van der Waals surface area contributed by atoms with Crippen molar-refractivity contribution in [2.75, 3.05) is 13.2 Å². The van der Waals surface area contributed by atoms with Gasteiger partial charge in [-0.3, -0.25) is 4.79 Å². The van der Waals surface area contributed by atoms with E-state index in [1.54, 1.807) is 0 Å². The van der Waals surface area contributed by atoms with Gasteiger partial charge in [-0.05, 0) is 19.9 Å². The summed E-state index contributed by atoms with van der Waals surface area (Å²) in [4.78, 5) is 16.1. The fraction of sp³-hybridized carbons (Fsp3) is 0.714. The number of aromatic nitrogens is 2. The lowest BCUT2D eigenvalue weighted by molar-refractivity contribution is -0.145. The van der Waals surface area contributed by atoms with Crippen LogP contribution in [-0.2, 0) is 16.1 Å². The van der Waals surface area contributed by atoms with Gasteiger partial charge in [0.05, 0.1) is 6.61 Å². The first kappa shape index (κ1) is 15.7. The zero-order valence-corrected chi connectivity index (χ0v) is 12.3.